The fraction of sp³-hybridized carbons (Fsp3) is 0. The molecule has 0 unspecified atom stereocenters. The highest BCUT2D eigenvalue weighted by atomic mass is 16.4. The summed E-state index contributed by atoms with van der Waals surface area (Å²) in [6, 6.07) is 7.28. The van der Waals surface area contributed by atoms with Gasteiger partial charge >= 0.3 is 23.9 Å². The molecule has 0 aromatic heterocycles. The number of aromatic hydroxyl groups is 2. The molecule has 0 spiro atoms. The Morgan fingerprint density at radius 3 is 1.23 bits per heavy atom. The monoisotopic (exact) mass is 418 g/mol. The van der Waals surface area contributed by atoms with Crippen molar-refractivity contribution in [2.75, 3.05) is 0 Å². The van der Waals surface area contributed by atoms with E-state index in [1.165, 1.54) is 12.1 Å². The number of carboxylic acids is 4. The summed E-state index contributed by atoms with van der Waals surface area (Å²) in [5, 5.41) is 59.7. The molecule has 0 aliphatic heterocycles. The molecule has 30 heavy (non-hydrogen) atoms. The van der Waals surface area contributed by atoms with Crippen molar-refractivity contribution in [3.05, 3.63) is 59.7 Å². The van der Waals surface area contributed by atoms with Crippen LogP contribution in [0.25, 0.3) is 0 Å². The van der Waals surface area contributed by atoms with Gasteiger partial charge in [0.05, 0.1) is 11.4 Å². The Balaban J connectivity index is 0.000000479. The molecule has 2 rings (SSSR count). The Morgan fingerprint density at radius 1 is 0.633 bits per heavy atom. The van der Waals surface area contributed by atoms with Crippen molar-refractivity contribution in [1.29, 1.82) is 0 Å². The van der Waals surface area contributed by atoms with Gasteiger partial charge in [0, 0.05) is 12.2 Å². The Hall–Kier alpha value is -4.74. The molecule has 0 aliphatic rings. The quantitative estimate of drug-likeness (QED) is 0.298. The van der Waals surface area contributed by atoms with Gasteiger partial charge in [-0.25, -0.2) is 19.2 Å². The minimum absolute atomic E-state index is 0.167. The van der Waals surface area contributed by atoms with Gasteiger partial charge < -0.3 is 30.6 Å². The molecule has 0 atom stereocenters. The molecule has 0 amide bonds. The minimum atomic E-state index is -1.31. The number of rotatable bonds is 6. The van der Waals surface area contributed by atoms with E-state index in [0.717, 1.165) is 24.3 Å². The highest BCUT2D eigenvalue weighted by Gasteiger charge is 2.11. The summed E-state index contributed by atoms with van der Waals surface area (Å²) in [5.74, 6) is -5.94. The van der Waals surface area contributed by atoms with Crippen LogP contribution in [0.15, 0.2) is 58.8 Å². The van der Waals surface area contributed by atoms with Crippen LogP contribution in [0.2, 0.25) is 0 Å². The fourth-order valence-corrected chi connectivity index (χ4v) is 1.77. The summed E-state index contributed by atoms with van der Waals surface area (Å²) in [6.45, 7) is 0. The Labute approximate surface area is 167 Å². The second-order valence-electron chi connectivity index (χ2n) is 5.22. The van der Waals surface area contributed by atoms with E-state index in [0.29, 0.717) is 12.2 Å². The van der Waals surface area contributed by atoms with Gasteiger partial charge in [0.2, 0.25) is 0 Å². The van der Waals surface area contributed by atoms with E-state index in [4.69, 9.17) is 20.4 Å². The van der Waals surface area contributed by atoms with Crippen LogP contribution in [0.1, 0.15) is 20.7 Å². The minimum Gasteiger partial charge on any atom is -0.507 e. The SMILES string of the molecule is O=C(O)/C=C/C(=O)O.O=C(O)c1cc(N=Nc2ccc(O)c(C(=O)O)c2)ccc1O. The molecule has 0 fully saturated rings. The number of carboxylic acid groups (broad SMARTS) is 4. The van der Waals surface area contributed by atoms with Crippen LogP contribution < -0.4 is 0 Å². The lowest BCUT2D eigenvalue weighted by Crippen LogP contribution is -1.96. The second kappa shape index (κ2) is 10.6. The zero-order valence-electron chi connectivity index (χ0n) is 14.8. The third-order valence-corrected chi connectivity index (χ3v) is 3.07. The number of aromatic carboxylic acids is 2. The van der Waals surface area contributed by atoms with E-state index in [-0.39, 0.29) is 22.5 Å². The number of hydrogen-bond acceptors (Lipinski definition) is 8. The first-order chi connectivity index (χ1) is 14.0. The first-order valence-corrected chi connectivity index (χ1v) is 7.69. The van der Waals surface area contributed by atoms with E-state index in [1.807, 2.05) is 0 Å². The van der Waals surface area contributed by atoms with Crippen molar-refractivity contribution in [3.63, 3.8) is 0 Å². The maximum Gasteiger partial charge on any atom is 0.339 e. The molecule has 12 heteroatoms. The standard InChI is InChI=1S/C14H10N2O6.C4H4O4/c17-11-3-1-7(5-9(11)13(19)20)15-16-8-2-4-12(18)10(6-8)14(21)22;5-3(6)1-2-4(7)8/h1-6,17-18H,(H,19,20)(H,21,22);1-2H,(H,5,6)(H,7,8)/b;2-1+. The largest absolute Gasteiger partial charge is 0.507 e. The maximum atomic E-state index is 10.9. The van der Waals surface area contributed by atoms with E-state index >= 15 is 0 Å². The van der Waals surface area contributed by atoms with Gasteiger partial charge in [-0.15, -0.1) is 0 Å². The zero-order chi connectivity index (χ0) is 22.8. The van der Waals surface area contributed by atoms with E-state index < -0.39 is 35.4 Å². The highest BCUT2D eigenvalue weighted by molar-refractivity contribution is 5.92. The molecule has 2 aromatic carbocycles. The van der Waals surface area contributed by atoms with Gasteiger partial charge in [-0.05, 0) is 36.4 Å². The van der Waals surface area contributed by atoms with Gasteiger partial charge in [-0.1, -0.05) is 0 Å². The van der Waals surface area contributed by atoms with Gasteiger partial charge in [0.15, 0.2) is 0 Å². The van der Waals surface area contributed by atoms with Crippen LogP contribution in [0.4, 0.5) is 11.4 Å². The maximum absolute atomic E-state index is 10.9. The van der Waals surface area contributed by atoms with Crippen LogP contribution in [0.3, 0.4) is 0 Å². The van der Waals surface area contributed by atoms with Crippen LogP contribution >= 0.6 is 0 Å². The van der Waals surface area contributed by atoms with Gasteiger partial charge in [0.1, 0.15) is 22.6 Å². The molecule has 0 saturated carbocycles. The number of azo groups is 1. The van der Waals surface area contributed by atoms with Gasteiger partial charge in [-0.2, -0.15) is 10.2 Å². The molecule has 0 radical (unpaired) electrons. The lowest BCUT2D eigenvalue weighted by atomic mass is 10.2. The molecule has 0 bridgehead atoms. The van der Waals surface area contributed by atoms with E-state index in [9.17, 15) is 29.4 Å². The van der Waals surface area contributed by atoms with Gasteiger partial charge in [0.25, 0.3) is 0 Å². The summed E-state index contributed by atoms with van der Waals surface area (Å²) in [4.78, 5) is 40.9. The molecule has 2 aromatic rings. The average molecular weight is 418 g/mol. The molecule has 0 heterocycles. The summed E-state index contributed by atoms with van der Waals surface area (Å²) < 4.78 is 0. The van der Waals surface area contributed by atoms with Crippen molar-refractivity contribution >= 4 is 35.3 Å². The number of carbonyl (C=O) groups is 4. The van der Waals surface area contributed by atoms with Crippen molar-refractivity contribution in [2.24, 2.45) is 10.2 Å². The molecular formula is C18H14N2O10. The molecule has 6 N–H and O–H groups in total. The van der Waals surface area contributed by atoms with Crippen molar-refractivity contribution < 1.29 is 49.8 Å². The molecule has 0 aliphatic carbocycles. The Bertz CT molecular complexity index is 962. The van der Waals surface area contributed by atoms with E-state index in [1.54, 1.807) is 0 Å². The number of benzene rings is 2. The number of aliphatic carboxylic acids is 2. The van der Waals surface area contributed by atoms with E-state index in [2.05, 4.69) is 10.2 Å². The molecule has 0 saturated heterocycles. The second-order valence-corrected chi connectivity index (χ2v) is 5.22. The number of nitrogens with zero attached hydrogens (tertiary/aromatic N) is 2. The first-order valence-electron chi connectivity index (χ1n) is 7.69. The Kier molecular flexibility index (Phi) is 8.20. The topological polar surface area (TPSA) is 214 Å². The van der Waals surface area contributed by atoms with Crippen molar-refractivity contribution in [1.82, 2.24) is 0 Å². The Morgan fingerprint density at radius 2 is 0.967 bits per heavy atom. The lowest BCUT2D eigenvalue weighted by molar-refractivity contribution is -0.134. The average Bonchev–Trinajstić information content (AvgIpc) is 2.66. The summed E-state index contributed by atoms with van der Waals surface area (Å²) in [5.41, 5.74) is -0.318. The van der Waals surface area contributed by atoms with Gasteiger partial charge in [-0.3, -0.25) is 0 Å². The summed E-state index contributed by atoms with van der Waals surface area (Å²) >= 11 is 0. The lowest BCUT2D eigenvalue weighted by Gasteiger charge is -2.01. The predicted molar refractivity (Wildman–Crippen MR) is 98.7 cm³/mol. The molecule has 12 nitrogen and oxygen atoms in total. The first kappa shape index (κ1) is 23.3. The smallest absolute Gasteiger partial charge is 0.339 e. The molecule has 156 valence electrons. The number of phenols is 2. The third-order valence-electron chi connectivity index (χ3n) is 3.07. The normalized spacial score (nSPS) is 10.4. The zero-order valence-corrected chi connectivity index (χ0v) is 14.8. The highest BCUT2D eigenvalue weighted by Crippen LogP contribution is 2.27. The van der Waals surface area contributed by atoms with Crippen LogP contribution in [0, 0.1) is 0 Å². The van der Waals surface area contributed by atoms with Crippen molar-refractivity contribution in [2.45, 2.75) is 0 Å². The predicted octanol–water partition coefficient (Wildman–Crippen LogP) is 2.62. The summed E-state index contributed by atoms with van der Waals surface area (Å²) in [6.07, 6.45) is 1.12. The van der Waals surface area contributed by atoms with Crippen LogP contribution in [-0.4, -0.2) is 54.5 Å². The number of hydrogen-bond donors (Lipinski definition) is 6. The van der Waals surface area contributed by atoms with Crippen LogP contribution in [0.5, 0.6) is 11.5 Å². The molecular weight excluding hydrogens is 404 g/mol. The van der Waals surface area contributed by atoms with Crippen molar-refractivity contribution in [3.8, 4) is 11.5 Å². The van der Waals surface area contributed by atoms with Crippen LogP contribution in [-0.2, 0) is 9.59 Å². The third kappa shape index (κ3) is 7.48. The summed E-state index contributed by atoms with van der Waals surface area (Å²) in [7, 11) is 0. The fourth-order valence-electron chi connectivity index (χ4n) is 1.77.